The molecule has 0 spiro atoms. The summed E-state index contributed by atoms with van der Waals surface area (Å²) < 4.78 is 2.42. The number of benzene rings is 11. The highest BCUT2D eigenvalue weighted by Gasteiger charge is 2.36. The molecule has 11 aromatic carbocycles. The molecular formula is C72H53N. The summed E-state index contributed by atoms with van der Waals surface area (Å²) >= 11 is 0. The smallest absolute Gasteiger partial charge is 0.0535 e. The highest BCUT2D eigenvalue weighted by molar-refractivity contribution is 6.11. The molecule has 12 aromatic rings. The highest BCUT2D eigenvalue weighted by Crippen LogP contribution is 2.51. The van der Waals surface area contributed by atoms with Crippen LogP contribution in [0.3, 0.4) is 0 Å². The largest absolute Gasteiger partial charge is 0.309 e. The molecule has 2 aliphatic carbocycles. The zero-order valence-electron chi connectivity index (χ0n) is 41.6. The SMILES string of the molecule is CC1(C)c2ccccc2-c2ccc(-c3ccc(-c4ccc(-c5ccc(-c6ccc7c(c6)C(C)(C)c6ccccc6-7)cc5)c5cc6cc(-n7c(-c8ccccc8)ccc7-c7ccccc7)ccc6cc45)cc3)cc21. The Labute approximate surface area is 428 Å². The maximum atomic E-state index is 2.44. The van der Waals surface area contributed by atoms with Gasteiger partial charge in [-0.05, 0) is 170 Å². The van der Waals surface area contributed by atoms with Crippen LogP contribution in [0.1, 0.15) is 49.9 Å². The van der Waals surface area contributed by atoms with Gasteiger partial charge in [0, 0.05) is 16.5 Å². The van der Waals surface area contributed by atoms with Gasteiger partial charge in [0.05, 0.1) is 11.4 Å². The normalized spacial score (nSPS) is 13.7. The molecule has 0 N–H and O–H groups in total. The van der Waals surface area contributed by atoms with Crippen molar-refractivity contribution in [1.29, 1.82) is 0 Å². The fourth-order valence-corrected chi connectivity index (χ4v) is 12.6. The van der Waals surface area contributed by atoms with Crippen molar-refractivity contribution in [3.05, 3.63) is 271 Å². The Bertz CT molecular complexity index is 4090. The first-order valence-corrected chi connectivity index (χ1v) is 25.7. The summed E-state index contributed by atoms with van der Waals surface area (Å²) in [6.07, 6.45) is 0. The van der Waals surface area contributed by atoms with Crippen molar-refractivity contribution in [2.24, 2.45) is 0 Å². The Morgan fingerprint density at radius 2 is 0.630 bits per heavy atom. The van der Waals surface area contributed by atoms with E-state index < -0.39 is 0 Å². The van der Waals surface area contributed by atoms with Gasteiger partial charge >= 0.3 is 0 Å². The minimum Gasteiger partial charge on any atom is -0.309 e. The van der Waals surface area contributed by atoms with Gasteiger partial charge in [-0.15, -0.1) is 0 Å². The lowest BCUT2D eigenvalue weighted by atomic mass is 9.81. The van der Waals surface area contributed by atoms with Gasteiger partial charge in [0.1, 0.15) is 0 Å². The minimum absolute atomic E-state index is 0.0470. The van der Waals surface area contributed by atoms with E-state index in [1.165, 1.54) is 122 Å². The summed E-state index contributed by atoms with van der Waals surface area (Å²) in [5.74, 6) is 0. The molecule has 1 aromatic heterocycles. The number of nitrogens with zero attached hydrogens (tertiary/aromatic N) is 1. The monoisotopic (exact) mass is 931 g/mol. The van der Waals surface area contributed by atoms with E-state index in [2.05, 4.69) is 281 Å². The second kappa shape index (κ2) is 16.4. The molecular weight excluding hydrogens is 879 g/mol. The van der Waals surface area contributed by atoms with E-state index in [4.69, 9.17) is 0 Å². The zero-order valence-corrected chi connectivity index (χ0v) is 41.6. The third-order valence-electron chi connectivity index (χ3n) is 16.5. The fourth-order valence-electron chi connectivity index (χ4n) is 12.6. The van der Waals surface area contributed by atoms with Crippen molar-refractivity contribution < 1.29 is 0 Å². The van der Waals surface area contributed by atoms with E-state index in [0.717, 1.165) is 17.1 Å². The summed E-state index contributed by atoms with van der Waals surface area (Å²) in [4.78, 5) is 0. The van der Waals surface area contributed by atoms with Crippen LogP contribution in [0.5, 0.6) is 0 Å². The van der Waals surface area contributed by atoms with Gasteiger partial charge < -0.3 is 4.57 Å². The first kappa shape index (κ1) is 43.0. The molecule has 346 valence electrons. The number of hydrogen-bond donors (Lipinski definition) is 0. The van der Waals surface area contributed by atoms with Crippen LogP contribution in [0, 0.1) is 0 Å². The average molecular weight is 932 g/mol. The molecule has 0 amide bonds. The van der Waals surface area contributed by atoms with Gasteiger partial charge in [-0.3, -0.25) is 0 Å². The van der Waals surface area contributed by atoms with E-state index in [9.17, 15) is 0 Å². The summed E-state index contributed by atoms with van der Waals surface area (Å²) in [7, 11) is 0. The minimum atomic E-state index is -0.0505. The lowest BCUT2D eigenvalue weighted by Gasteiger charge is -2.22. The molecule has 0 fully saturated rings. The lowest BCUT2D eigenvalue weighted by molar-refractivity contribution is 0.660. The lowest BCUT2D eigenvalue weighted by Crippen LogP contribution is -2.14. The molecule has 73 heavy (non-hydrogen) atoms. The number of rotatable bonds is 7. The maximum absolute atomic E-state index is 2.44. The van der Waals surface area contributed by atoms with Gasteiger partial charge in [-0.25, -0.2) is 0 Å². The predicted octanol–water partition coefficient (Wildman–Crippen LogP) is 19.4. The maximum Gasteiger partial charge on any atom is 0.0535 e. The van der Waals surface area contributed by atoms with E-state index in [1.54, 1.807) is 0 Å². The summed E-state index contributed by atoms with van der Waals surface area (Å²) in [5.41, 5.74) is 26.5. The molecule has 0 radical (unpaired) electrons. The molecule has 0 saturated carbocycles. The number of aromatic nitrogens is 1. The van der Waals surface area contributed by atoms with Crippen LogP contribution in [0.2, 0.25) is 0 Å². The predicted molar refractivity (Wildman–Crippen MR) is 309 cm³/mol. The Balaban J connectivity index is 0.890. The first-order chi connectivity index (χ1) is 35.7. The Hall–Kier alpha value is -8.78. The fraction of sp³-hybridized carbons (Fsp3) is 0.0833. The van der Waals surface area contributed by atoms with Gasteiger partial charge in [0.25, 0.3) is 0 Å². The van der Waals surface area contributed by atoms with Crippen LogP contribution in [-0.2, 0) is 10.8 Å². The van der Waals surface area contributed by atoms with Crippen LogP contribution in [-0.4, -0.2) is 4.57 Å². The summed E-state index contributed by atoms with van der Waals surface area (Å²) in [5, 5.41) is 4.88. The van der Waals surface area contributed by atoms with Crippen LogP contribution in [0.15, 0.2) is 249 Å². The Morgan fingerprint density at radius 1 is 0.247 bits per heavy atom. The van der Waals surface area contributed by atoms with Crippen LogP contribution in [0.4, 0.5) is 0 Å². The van der Waals surface area contributed by atoms with Gasteiger partial charge in [-0.2, -0.15) is 0 Å². The first-order valence-electron chi connectivity index (χ1n) is 25.7. The molecule has 0 atom stereocenters. The molecule has 1 heteroatoms. The van der Waals surface area contributed by atoms with Crippen molar-refractivity contribution >= 4 is 21.5 Å². The quantitative estimate of drug-likeness (QED) is 0.140. The third-order valence-corrected chi connectivity index (χ3v) is 16.5. The standard InChI is InChI=1S/C72H53N/c1-71(2)65-21-13-11-19-59(65)61-35-32-53(44-67(61)71)46-23-27-48(28-24-46)57-37-38-58(49-29-25-47(26-30-49)54-33-36-62-60-20-12-14-22-66(60)72(3,4)68(62)45-54)64-43-55-41-56(34-31-52(55)42-63(57)64)73-69(50-15-7-5-8-16-50)39-40-70(73)51-17-9-6-10-18-51/h5-45H,1-4H3. The van der Waals surface area contributed by atoms with Crippen molar-refractivity contribution in [2.75, 3.05) is 0 Å². The van der Waals surface area contributed by atoms with Crippen molar-refractivity contribution in [1.82, 2.24) is 4.57 Å². The number of hydrogen-bond acceptors (Lipinski definition) is 0. The Morgan fingerprint density at radius 3 is 1.11 bits per heavy atom. The van der Waals surface area contributed by atoms with Crippen LogP contribution < -0.4 is 0 Å². The topological polar surface area (TPSA) is 4.93 Å². The van der Waals surface area contributed by atoms with Crippen LogP contribution in [0.25, 0.3) is 117 Å². The molecule has 0 aliphatic heterocycles. The van der Waals surface area contributed by atoms with Gasteiger partial charge in [0.15, 0.2) is 0 Å². The molecule has 0 saturated heterocycles. The van der Waals surface area contributed by atoms with Crippen molar-refractivity contribution in [3.8, 4) is 95.0 Å². The third kappa shape index (κ3) is 6.83. The van der Waals surface area contributed by atoms with E-state index in [-0.39, 0.29) is 10.8 Å². The van der Waals surface area contributed by atoms with E-state index in [1.807, 2.05) is 0 Å². The van der Waals surface area contributed by atoms with E-state index >= 15 is 0 Å². The molecule has 2 aliphatic rings. The van der Waals surface area contributed by atoms with Gasteiger partial charge in [-0.1, -0.05) is 228 Å². The van der Waals surface area contributed by atoms with Crippen LogP contribution >= 0.6 is 0 Å². The summed E-state index contributed by atoms with van der Waals surface area (Å²) in [6, 6.07) is 92.9. The average Bonchev–Trinajstić information content (AvgIpc) is 4.06. The molecule has 0 bridgehead atoms. The van der Waals surface area contributed by atoms with Crippen molar-refractivity contribution in [2.45, 2.75) is 38.5 Å². The van der Waals surface area contributed by atoms with E-state index in [0.29, 0.717) is 0 Å². The molecule has 1 nitrogen and oxygen atoms in total. The molecule has 14 rings (SSSR count). The molecule has 0 unspecified atom stereocenters. The zero-order chi connectivity index (χ0) is 49.0. The second-order valence-corrected chi connectivity index (χ2v) is 21.3. The number of fused-ring (bicyclic) bond motifs is 8. The highest BCUT2D eigenvalue weighted by atomic mass is 15.0. The summed E-state index contributed by atoms with van der Waals surface area (Å²) in [6.45, 7) is 9.43. The van der Waals surface area contributed by atoms with Gasteiger partial charge in [0.2, 0.25) is 0 Å². The Kier molecular flexibility index (Phi) is 9.66. The molecule has 1 heterocycles. The second-order valence-electron chi connectivity index (χ2n) is 21.3. The van der Waals surface area contributed by atoms with Crippen molar-refractivity contribution in [3.63, 3.8) is 0 Å².